The zero-order valence-corrected chi connectivity index (χ0v) is 8.21. The molecule has 1 unspecified atom stereocenters. The van der Waals surface area contributed by atoms with E-state index in [0.717, 1.165) is 0 Å². The second-order valence-electron chi connectivity index (χ2n) is 2.73. The van der Waals surface area contributed by atoms with Crippen molar-refractivity contribution < 1.29 is 13.5 Å². The Labute approximate surface area is 79.2 Å². The van der Waals surface area contributed by atoms with Gasteiger partial charge in [0.1, 0.15) is 0 Å². The van der Waals surface area contributed by atoms with E-state index in [1.54, 1.807) is 0 Å². The van der Waals surface area contributed by atoms with Gasteiger partial charge in [0, 0.05) is 17.2 Å². The molecule has 0 bridgehead atoms. The number of ether oxygens (including phenoxy) is 1. The van der Waals surface area contributed by atoms with E-state index in [4.69, 9.17) is 4.74 Å². The summed E-state index contributed by atoms with van der Waals surface area (Å²) in [5.74, 6) is 0.434. The van der Waals surface area contributed by atoms with Gasteiger partial charge in [-0.05, 0) is 31.0 Å². The number of hydrogen-bond donors (Lipinski definition) is 0. The molecule has 0 spiro atoms. The Morgan fingerprint density at radius 2 is 2.23 bits per heavy atom. The molecule has 13 heavy (non-hydrogen) atoms. The van der Waals surface area contributed by atoms with Gasteiger partial charge in [-0.3, -0.25) is 4.21 Å². The number of nitrogens with zero attached hydrogens (tertiary/aromatic N) is 1. The lowest BCUT2D eigenvalue weighted by Gasteiger charge is -2.09. The molecule has 0 aliphatic rings. The van der Waals surface area contributed by atoms with Crippen molar-refractivity contribution in [2.24, 2.45) is 0 Å². The average Bonchev–Trinajstić information content (AvgIpc) is 2.04. The van der Waals surface area contributed by atoms with Crippen molar-refractivity contribution in [3.63, 3.8) is 0 Å². The molecule has 0 fully saturated rings. The van der Waals surface area contributed by atoms with Crippen molar-refractivity contribution in [1.82, 2.24) is 4.98 Å². The first-order chi connectivity index (χ1) is 6.09. The fourth-order valence-electron chi connectivity index (χ4n) is 0.777. The predicted molar refractivity (Wildman–Crippen MR) is 47.2 cm³/mol. The van der Waals surface area contributed by atoms with Crippen LogP contribution >= 0.6 is 0 Å². The molecule has 0 aliphatic heterocycles. The van der Waals surface area contributed by atoms with Gasteiger partial charge in [0.25, 0.3) is 0 Å². The zero-order valence-electron chi connectivity index (χ0n) is 7.39. The SMILES string of the molecule is CC(C)Oc1ccc(S(=O)[O-])cn1. The summed E-state index contributed by atoms with van der Waals surface area (Å²) < 4.78 is 26.1. The van der Waals surface area contributed by atoms with E-state index in [1.807, 2.05) is 13.8 Å². The van der Waals surface area contributed by atoms with Gasteiger partial charge in [0.2, 0.25) is 5.88 Å². The van der Waals surface area contributed by atoms with E-state index in [2.05, 4.69) is 4.98 Å². The van der Waals surface area contributed by atoms with E-state index in [9.17, 15) is 8.76 Å². The second-order valence-corrected chi connectivity index (χ2v) is 3.67. The molecule has 0 aromatic carbocycles. The first-order valence-electron chi connectivity index (χ1n) is 3.81. The van der Waals surface area contributed by atoms with Crippen LogP contribution < -0.4 is 4.74 Å². The molecular formula is C8H10NO3S-. The first kappa shape index (κ1) is 10.1. The van der Waals surface area contributed by atoms with Crippen LogP contribution in [0.4, 0.5) is 0 Å². The van der Waals surface area contributed by atoms with Crippen molar-refractivity contribution in [3.05, 3.63) is 18.3 Å². The normalized spacial score (nSPS) is 12.9. The van der Waals surface area contributed by atoms with Gasteiger partial charge in [-0.1, -0.05) is 0 Å². The minimum Gasteiger partial charge on any atom is -0.768 e. The highest BCUT2D eigenvalue weighted by molar-refractivity contribution is 7.79. The Bertz CT molecular complexity index is 297. The first-order valence-corrected chi connectivity index (χ1v) is 4.89. The highest BCUT2D eigenvalue weighted by atomic mass is 32.2. The summed E-state index contributed by atoms with van der Waals surface area (Å²) in [6.45, 7) is 3.75. The standard InChI is InChI=1S/C8H11NO3S/c1-6(2)12-8-4-3-7(5-9-8)13(10)11/h3-6H,1-2H3,(H,10,11)/p-1. The Morgan fingerprint density at radius 1 is 1.54 bits per heavy atom. The van der Waals surface area contributed by atoms with Crippen LogP contribution in [-0.4, -0.2) is 19.8 Å². The van der Waals surface area contributed by atoms with E-state index in [-0.39, 0.29) is 11.0 Å². The van der Waals surface area contributed by atoms with Crippen LogP contribution in [0.2, 0.25) is 0 Å². The molecule has 0 radical (unpaired) electrons. The molecular weight excluding hydrogens is 190 g/mol. The van der Waals surface area contributed by atoms with Gasteiger partial charge < -0.3 is 9.29 Å². The Morgan fingerprint density at radius 3 is 2.62 bits per heavy atom. The van der Waals surface area contributed by atoms with Crippen molar-refractivity contribution in [2.75, 3.05) is 0 Å². The van der Waals surface area contributed by atoms with Gasteiger partial charge >= 0.3 is 0 Å². The van der Waals surface area contributed by atoms with Crippen molar-refractivity contribution in [2.45, 2.75) is 24.8 Å². The summed E-state index contributed by atoms with van der Waals surface area (Å²) >= 11 is -2.22. The van der Waals surface area contributed by atoms with Crippen LogP contribution in [0.25, 0.3) is 0 Å². The van der Waals surface area contributed by atoms with E-state index < -0.39 is 11.1 Å². The summed E-state index contributed by atoms with van der Waals surface area (Å²) in [5, 5.41) is 0. The lowest BCUT2D eigenvalue weighted by Crippen LogP contribution is -2.06. The summed E-state index contributed by atoms with van der Waals surface area (Å²) in [6.07, 6.45) is 1.30. The van der Waals surface area contributed by atoms with Gasteiger partial charge in [0.15, 0.2) is 0 Å². The molecule has 72 valence electrons. The molecule has 1 atom stereocenters. The molecule has 4 nitrogen and oxygen atoms in total. The van der Waals surface area contributed by atoms with Crippen LogP contribution in [0.5, 0.6) is 5.88 Å². The Kier molecular flexibility index (Phi) is 3.39. The quantitative estimate of drug-likeness (QED) is 0.685. The number of hydrogen-bond acceptors (Lipinski definition) is 4. The van der Waals surface area contributed by atoms with Gasteiger partial charge in [-0.2, -0.15) is 0 Å². The minimum atomic E-state index is -2.22. The molecule has 1 heterocycles. The van der Waals surface area contributed by atoms with Crippen LogP contribution in [-0.2, 0) is 11.1 Å². The zero-order chi connectivity index (χ0) is 9.84. The minimum absolute atomic E-state index is 0.0381. The topological polar surface area (TPSA) is 62.2 Å². The lowest BCUT2D eigenvalue weighted by molar-refractivity contribution is 0.232. The second kappa shape index (κ2) is 4.34. The largest absolute Gasteiger partial charge is 0.768 e. The fourth-order valence-corrected chi connectivity index (χ4v) is 1.09. The van der Waals surface area contributed by atoms with Crippen molar-refractivity contribution >= 4 is 11.1 Å². The molecule has 0 saturated carbocycles. The Balaban J connectivity index is 2.75. The Hall–Kier alpha value is -0.940. The molecule has 0 amide bonds. The van der Waals surface area contributed by atoms with Crippen molar-refractivity contribution in [1.29, 1.82) is 0 Å². The number of rotatable bonds is 3. The summed E-state index contributed by atoms with van der Waals surface area (Å²) in [7, 11) is 0. The third kappa shape index (κ3) is 3.12. The maximum absolute atomic E-state index is 10.5. The summed E-state index contributed by atoms with van der Waals surface area (Å²) in [5.41, 5.74) is 0. The maximum Gasteiger partial charge on any atom is 0.213 e. The average molecular weight is 200 g/mol. The summed E-state index contributed by atoms with van der Waals surface area (Å²) in [4.78, 5) is 3.99. The third-order valence-electron chi connectivity index (χ3n) is 1.26. The molecule has 0 saturated heterocycles. The highest BCUT2D eigenvalue weighted by Crippen LogP contribution is 2.10. The molecule has 1 aromatic rings. The van der Waals surface area contributed by atoms with Gasteiger partial charge in [-0.25, -0.2) is 4.98 Å². The van der Waals surface area contributed by atoms with Crippen LogP contribution in [0, 0.1) is 0 Å². The third-order valence-corrected chi connectivity index (χ3v) is 1.88. The fraction of sp³-hybridized carbons (Fsp3) is 0.375. The monoisotopic (exact) mass is 200 g/mol. The van der Waals surface area contributed by atoms with E-state index >= 15 is 0 Å². The molecule has 0 N–H and O–H groups in total. The summed E-state index contributed by atoms with van der Waals surface area (Å²) in [6, 6.07) is 2.99. The van der Waals surface area contributed by atoms with Gasteiger partial charge in [-0.15, -0.1) is 0 Å². The van der Waals surface area contributed by atoms with E-state index in [1.165, 1.54) is 18.3 Å². The molecule has 5 heteroatoms. The van der Waals surface area contributed by atoms with Crippen LogP contribution in [0.15, 0.2) is 23.2 Å². The lowest BCUT2D eigenvalue weighted by atomic mass is 10.4. The number of pyridine rings is 1. The highest BCUT2D eigenvalue weighted by Gasteiger charge is 1.98. The van der Waals surface area contributed by atoms with Gasteiger partial charge in [0.05, 0.1) is 6.10 Å². The molecule has 1 aromatic heterocycles. The number of aromatic nitrogens is 1. The maximum atomic E-state index is 10.5. The van der Waals surface area contributed by atoms with E-state index in [0.29, 0.717) is 5.88 Å². The van der Waals surface area contributed by atoms with Crippen molar-refractivity contribution in [3.8, 4) is 5.88 Å². The van der Waals surface area contributed by atoms with Crippen LogP contribution in [0.3, 0.4) is 0 Å². The molecule has 1 rings (SSSR count). The molecule has 0 aliphatic carbocycles. The predicted octanol–water partition coefficient (Wildman–Crippen LogP) is 1.11. The smallest absolute Gasteiger partial charge is 0.213 e. The van der Waals surface area contributed by atoms with Crippen LogP contribution in [0.1, 0.15) is 13.8 Å².